The van der Waals surface area contributed by atoms with Gasteiger partial charge in [0.05, 0.1) is 5.02 Å². The van der Waals surface area contributed by atoms with Gasteiger partial charge in [-0.15, -0.1) is 0 Å². The van der Waals surface area contributed by atoms with Gasteiger partial charge in [0.15, 0.2) is 6.61 Å². The standard InChI is InChI=1S/C21H15ClFNO4/c22-18-12-17(10-11-19(18)23)27-13-20(25)28-16-8-6-15(7-9-16)24-21(26)14-4-2-1-3-5-14/h1-12H,13H2,(H,24,26). The van der Waals surface area contributed by atoms with Crippen LogP contribution in [0.5, 0.6) is 11.5 Å². The van der Waals surface area contributed by atoms with Gasteiger partial charge in [-0.25, -0.2) is 9.18 Å². The van der Waals surface area contributed by atoms with E-state index in [0.29, 0.717) is 17.0 Å². The highest BCUT2D eigenvalue weighted by Gasteiger charge is 2.09. The third-order valence-corrected chi connectivity index (χ3v) is 3.92. The quantitative estimate of drug-likeness (QED) is 0.481. The summed E-state index contributed by atoms with van der Waals surface area (Å²) in [5.41, 5.74) is 1.10. The second-order valence-electron chi connectivity index (χ2n) is 5.68. The van der Waals surface area contributed by atoms with E-state index in [4.69, 9.17) is 21.1 Å². The molecule has 3 aromatic carbocycles. The van der Waals surface area contributed by atoms with Gasteiger partial charge in [-0.05, 0) is 48.5 Å². The number of esters is 1. The van der Waals surface area contributed by atoms with Gasteiger partial charge in [-0.1, -0.05) is 29.8 Å². The van der Waals surface area contributed by atoms with Gasteiger partial charge in [-0.2, -0.15) is 0 Å². The largest absolute Gasteiger partial charge is 0.482 e. The second-order valence-corrected chi connectivity index (χ2v) is 6.09. The normalized spacial score (nSPS) is 10.2. The third-order valence-electron chi connectivity index (χ3n) is 3.63. The van der Waals surface area contributed by atoms with Gasteiger partial charge < -0.3 is 14.8 Å². The summed E-state index contributed by atoms with van der Waals surface area (Å²) in [5.74, 6) is -0.903. The lowest BCUT2D eigenvalue weighted by atomic mass is 10.2. The number of rotatable bonds is 6. The number of halogens is 2. The van der Waals surface area contributed by atoms with Crippen molar-refractivity contribution in [3.05, 3.63) is 89.2 Å². The third kappa shape index (κ3) is 5.31. The molecule has 0 aromatic heterocycles. The number of ether oxygens (including phenoxy) is 2. The molecule has 0 fully saturated rings. The Balaban J connectivity index is 1.51. The SMILES string of the molecule is O=C(COc1ccc(F)c(Cl)c1)Oc1ccc(NC(=O)c2ccccc2)cc1. The maximum absolute atomic E-state index is 13.1. The van der Waals surface area contributed by atoms with Crippen molar-refractivity contribution in [1.82, 2.24) is 0 Å². The minimum atomic E-state index is -0.637. The molecule has 0 bridgehead atoms. The predicted octanol–water partition coefficient (Wildman–Crippen LogP) is 4.72. The first kappa shape index (κ1) is 19.4. The lowest BCUT2D eigenvalue weighted by Gasteiger charge is -2.09. The van der Waals surface area contributed by atoms with Crippen molar-refractivity contribution < 1.29 is 23.5 Å². The molecule has 0 spiro atoms. The molecule has 0 aliphatic carbocycles. The Hall–Kier alpha value is -3.38. The average molecular weight is 400 g/mol. The summed E-state index contributed by atoms with van der Waals surface area (Å²) in [4.78, 5) is 24.0. The Bertz CT molecular complexity index is 977. The molecular weight excluding hydrogens is 385 g/mol. The molecule has 0 radical (unpaired) electrons. The molecule has 28 heavy (non-hydrogen) atoms. The van der Waals surface area contributed by atoms with Crippen LogP contribution in [0, 0.1) is 5.82 Å². The van der Waals surface area contributed by atoms with Crippen LogP contribution in [0.1, 0.15) is 10.4 Å². The zero-order chi connectivity index (χ0) is 19.9. The summed E-state index contributed by atoms with van der Waals surface area (Å²) in [6.07, 6.45) is 0. The molecule has 0 aliphatic rings. The van der Waals surface area contributed by atoms with Gasteiger partial charge in [0.2, 0.25) is 0 Å². The molecule has 5 nitrogen and oxygen atoms in total. The van der Waals surface area contributed by atoms with Crippen LogP contribution >= 0.6 is 11.6 Å². The molecule has 0 atom stereocenters. The van der Waals surface area contributed by atoms with Crippen LogP contribution in [0.15, 0.2) is 72.8 Å². The fraction of sp³-hybridized carbons (Fsp3) is 0.0476. The number of carbonyl (C=O) groups excluding carboxylic acids is 2. The molecule has 0 saturated carbocycles. The van der Waals surface area contributed by atoms with E-state index in [9.17, 15) is 14.0 Å². The van der Waals surface area contributed by atoms with Gasteiger partial charge >= 0.3 is 5.97 Å². The van der Waals surface area contributed by atoms with Crippen molar-refractivity contribution in [3.8, 4) is 11.5 Å². The van der Waals surface area contributed by atoms with E-state index in [1.54, 1.807) is 48.5 Å². The summed E-state index contributed by atoms with van der Waals surface area (Å²) in [7, 11) is 0. The Morgan fingerprint density at radius 2 is 1.61 bits per heavy atom. The Kier molecular flexibility index (Phi) is 6.24. The summed E-state index contributed by atoms with van der Waals surface area (Å²) in [6, 6.07) is 18.9. The molecule has 1 amide bonds. The number of nitrogens with one attached hydrogen (secondary N) is 1. The summed E-state index contributed by atoms with van der Waals surface area (Å²) in [5, 5.41) is 2.65. The Labute approximate surface area is 165 Å². The van der Waals surface area contributed by atoms with Crippen molar-refractivity contribution in [2.24, 2.45) is 0 Å². The number of anilines is 1. The summed E-state index contributed by atoms with van der Waals surface area (Å²) in [6.45, 7) is -0.367. The van der Waals surface area contributed by atoms with E-state index in [-0.39, 0.29) is 23.3 Å². The average Bonchev–Trinajstić information content (AvgIpc) is 2.71. The fourth-order valence-electron chi connectivity index (χ4n) is 2.27. The van der Waals surface area contributed by atoms with Crippen LogP contribution in [-0.2, 0) is 4.79 Å². The lowest BCUT2D eigenvalue weighted by Crippen LogP contribution is -2.17. The van der Waals surface area contributed by atoms with E-state index in [1.807, 2.05) is 6.07 Å². The molecule has 1 N–H and O–H groups in total. The zero-order valence-corrected chi connectivity index (χ0v) is 15.3. The highest BCUT2D eigenvalue weighted by Crippen LogP contribution is 2.21. The van der Waals surface area contributed by atoms with Crippen molar-refractivity contribution in [2.75, 3.05) is 11.9 Å². The number of carbonyl (C=O) groups is 2. The zero-order valence-electron chi connectivity index (χ0n) is 14.5. The molecule has 0 unspecified atom stereocenters. The van der Waals surface area contributed by atoms with Gasteiger partial charge in [0.25, 0.3) is 5.91 Å². The smallest absolute Gasteiger partial charge is 0.349 e. The van der Waals surface area contributed by atoms with Gasteiger partial charge in [0.1, 0.15) is 17.3 Å². The van der Waals surface area contributed by atoms with Crippen LogP contribution in [0.3, 0.4) is 0 Å². The van der Waals surface area contributed by atoms with E-state index in [2.05, 4.69) is 5.32 Å². The maximum atomic E-state index is 13.1. The molecule has 3 rings (SSSR count). The highest BCUT2D eigenvalue weighted by molar-refractivity contribution is 6.30. The Morgan fingerprint density at radius 3 is 2.29 bits per heavy atom. The van der Waals surface area contributed by atoms with Gasteiger partial charge in [-0.3, -0.25) is 4.79 Å². The van der Waals surface area contributed by atoms with Crippen molar-refractivity contribution in [3.63, 3.8) is 0 Å². The lowest BCUT2D eigenvalue weighted by molar-refractivity contribution is -0.136. The van der Waals surface area contributed by atoms with E-state index in [1.165, 1.54) is 12.1 Å². The second kappa shape index (κ2) is 9.01. The first-order valence-corrected chi connectivity index (χ1v) is 8.64. The van der Waals surface area contributed by atoms with E-state index < -0.39 is 11.8 Å². The topological polar surface area (TPSA) is 64.6 Å². The van der Waals surface area contributed by atoms with Crippen LogP contribution in [0.2, 0.25) is 5.02 Å². The molecule has 142 valence electrons. The maximum Gasteiger partial charge on any atom is 0.349 e. The van der Waals surface area contributed by atoms with E-state index >= 15 is 0 Å². The highest BCUT2D eigenvalue weighted by atomic mass is 35.5. The number of hydrogen-bond donors (Lipinski definition) is 1. The van der Waals surface area contributed by atoms with Crippen LogP contribution in [0.4, 0.5) is 10.1 Å². The van der Waals surface area contributed by atoms with Crippen molar-refractivity contribution >= 4 is 29.2 Å². The van der Waals surface area contributed by atoms with Crippen molar-refractivity contribution in [1.29, 1.82) is 0 Å². The molecule has 3 aromatic rings. The van der Waals surface area contributed by atoms with Crippen molar-refractivity contribution in [2.45, 2.75) is 0 Å². The monoisotopic (exact) mass is 399 g/mol. The fourth-order valence-corrected chi connectivity index (χ4v) is 2.44. The summed E-state index contributed by atoms with van der Waals surface area (Å²) >= 11 is 5.65. The number of hydrogen-bond acceptors (Lipinski definition) is 4. The van der Waals surface area contributed by atoms with Crippen LogP contribution < -0.4 is 14.8 Å². The molecule has 0 saturated heterocycles. The van der Waals surface area contributed by atoms with Crippen LogP contribution in [0.25, 0.3) is 0 Å². The molecular formula is C21H15ClFNO4. The summed E-state index contributed by atoms with van der Waals surface area (Å²) < 4.78 is 23.5. The van der Waals surface area contributed by atoms with Crippen LogP contribution in [-0.4, -0.2) is 18.5 Å². The number of benzene rings is 3. The minimum absolute atomic E-state index is 0.0981. The first-order valence-electron chi connectivity index (χ1n) is 8.26. The first-order chi connectivity index (χ1) is 13.5. The molecule has 0 heterocycles. The van der Waals surface area contributed by atoms with E-state index in [0.717, 1.165) is 6.07 Å². The molecule has 0 aliphatic heterocycles. The predicted molar refractivity (Wildman–Crippen MR) is 103 cm³/mol. The Morgan fingerprint density at radius 1 is 0.929 bits per heavy atom. The number of amides is 1. The molecule has 7 heteroatoms. The minimum Gasteiger partial charge on any atom is -0.482 e. The van der Waals surface area contributed by atoms with Gasteiger partial charge in [0, 0.05) is 17.3 Å².